The number of benzene rings is 1. The number of fused-ring (bicyclic) bond motifs is 2. The average Bonchev–Trinajstić information content (AvgIpc) is 3.35. The fourth-order valence-electron chi connectivity index (χ4n) is 5.74. The number of amides is 1. The third-order valence-electron chi connectivity index (χ3n) is 7.84. The van der Waals surface area contributed by atoms with Crippen LogP contribution in [0.3, 0.4) is 0 Å². The normalized spacial score (nSPS) is 36.5. The van der Waals surface area contributed by atoms with Gasteiger partial charge in [-0.15, -0.1) is 11.3 Å². The third-order valence-corrected chi connectivity index (χ3v) is 8.65. The van der Waals surface area contributed by atoms with E-state index in [1.807, 2.05) is 0 Å². The maximum atomic E-state index is 13.1. The molecule has 232 valence electrons. The number of likely N-dealkylation sites (N-methyl/N-ethyl adjacent to an activating group) is 2. The predicted octanol–water partition coefficient (Wildman–Crippen LogP) is 0.452. The number of nitrogens with one attached hydrogen (secondary N) is 4. The topological polar surface area (TPSA) is 166 Å². The van der Waals surface area contributed by atoms with E-state index in [-0.39, 0.29) is 12.8 Å². The van der Waals surface area contributed by atoms with Crippen molar-refractivity contribution in [3.05, 3.63) is 40.9 Å². The first-order chi connectivity index (χ1) is 19.8. The number of ether oxygens (including phenoxy) is 3. The standard InChI is InChI=1S/C26H34F3N5O7S/c1-11-8-15(25(38)23(39-11)40-22-20(37)17(30-2)19(36)18(31-3)21(22)41-25)34-16(35)9-14-10-42-24(33-14)32-13-6-4-12(5-7-13)26(27,28)29/h4-7,10-11,15,17-23,30-31,36-38H,8-9H2,1-3H3,(H,32,33)(H,34,35)/t11-,15-,17-,18+,19+,20-,21?,22?,23?,25+/m1/s1. The molecule has 3 fully saturated rings. The summed E-state index contributed by atoms with van der Waals surface area (Å²) in [4.78, 5) is 17.4. The lowest BCUT2D eigenvalue weighted by Gasteiger charge is -2.58. The highest BCUT2D eigenvalue weighted by atomic mass is 32.1. The molecule has 7 N–H and O–H groups in total. The Morgan fingerprint density at radius 1 is 1.10 bits per heavy atom. The zero-order valence-electron chi connectivity index (χ0n) is 23.0. The minimum Gasteiger partial charge on any atom is -0.390 e. The van der Waals surface area contributed by atoms with Crippen molar-refractivity contribution in [1.82, 2.24) is 20.9 Å². The lowest BCUT2D eigenvalue weighted by Crippen LogP contribution is -2.79. The molecule has 2 aromatic rings. The molecular formula is C26H34F3N5O7S. The molecule has 3 aliphatic rings. The second-order valence-corrected chi connectivity index (χ2v) is 11.6. The minimum atomic E-state index is -4.44. The van der Waals surface area contributed by atoms with Gasteiger partial charge in [-0.3, -0.25) is 4.79 Å². The summed E-state index contributed by atoms with van der Waals surface area (Å²) in [5.41, 5.74) is 0.0472. The highest BCUT2D eigenvalue weighted by molar-refractivity contribution is 7.13. The number of anilines is 2. The maximum absolute atomic E-state index is 13.1. The van der Waals surface area contributed by atoms with Gasteiger partial charge in [0.2, 0.25) is 18.0 Å². The Morgan fingerprint density at radius 2 is 1.79 bits per heavy atom. The summed E-state index contributed by atoms with van der Waals surface area (Å²) in [6.07, 6.45) is -10.3. The lowest BCUT2D eigenvalue weighted by atomic mass is 9.79. The van der Waals surface area contributed by atoms with Gasteiger partial charge in [0.25, 0.3) is 0 Å². The van der Waals surface area contributed by atoms with Crippen LogP contribution in [-0.4, -0.2) is 101 Å². The minimum absolute atomic E-state index is 0.148. The van der Waals surface area contributed by atoms with Crippen molar-refractivity contribution >= 4 is 28.1 Å². The second kappa shape index (κ2) is 11.9. The van der Waals surface area contributed by atoms with Gasteiger partial charge in [0, 0.05) is 11.1 Å². The maximum Gasteiger partial charge on any atom is 0.416 e. The Morgan fingerprint density at radius 3 is 2.43 bits per heavy atom. The Bertz CT molecular complexity index is 1250. The van der Waals surface area contributed by atoms with Crippen LogP contribution in [0.2, 0.25) is 0 Å². The van der Waals surface area contributed by atoms with Crippen LogP contribution in [0.5, 0.6) is 0 Å². The van der Waals surface area contributed by atoms with Crippen molar-refractivity contribution in [2.75, 3.05) is 19.4 Å². The quantitative estimate of drug-likeness (QED) is 0.231. The van der Waals surface area contributed by atoms with Gasteiger partial charge in [-0.1, -0.05) is 0 Å². The molecule has 42 heavy (non-hydrogen) atoms. The molecule has 5 rings (SSSR count). The number of halogens is 3. The largest absolute Gasteiger partial charge is 0.416 e. The zero-order chi connectivity index (χ0) is 30.4. The SMILES string of the molecule is CN[C@@H]1[C@H](O)[C@H](NC)C2O[C@]3(O)C(OC2[C@@H]1O)O[C@H](C)C[C@H]3NC(=O)Cc1csc(Nc2ccc(C(F)(F)F)cc2)n1. The van der Waals surface area contributed by atoms with Crippen LogP contribution in [0, 0.1) is 0 Å². The van der Waals surface area contributed by atoms with Crippen molar-refractivity contribution in [2.24, 2.45) is 0 Å². The molecule has 16 heteroatoms. The molecule has 10 atom stereocenters. The zero-order valence-corrected chi connectivity index (χ0v) is 23.8. The van der Waals surface area contributed by atoms with E-state index in [2.05, 4.69) is 26.3 Å². The molecule has 1 aromatic heterocycles. The summed E-state index contributed by atoms with van der Waals surface area (Å²) in [7, 11) is 3.22. The molecular weight excluding hydrogens is 583 g/mol. The number of hydrogen-bond donors (Lipinski definition) is 7. The summed E-state index contributed by atoms with van der Waals surface area (Å²) in [6, 6.07) is 2.09. The van der Waals surface area contributed by atoms with E-state index in [0.717, 1.165) is 12.1 Å². The van der Waals surface area contributed by atoms with Gasteiger partial charge >= 0.3 is 6.18 Å². The van der Waals surface area contributed by atoms with Gasteiger partial charge in [0.1, 0.15) is 18.3 Å². The number of carbonyl (C=O) groups excluding carboxylic acids is 1. The molecule has 1 amide bonds. The number of carbonyl (C=O) groups is 1. The summed E-state index contributed by atoms with van der Waals surface area (Å²) >= 11 is 1.18. The van der Waals surface area contributed by atoms with E-state index in [9.17, 15) is 33.3 Å². The summed E-state index contributed by atoms with van der Waals surface area (Å²) < 4.78 is 56.4. The molecule has 1 saturated carbocycles. The van der Waals surface area contributed by atoms with Crippen LogP contribution in [0.15, 0.2) is 29.6 Å². The fourth-order valence-corrected chi connectivity index (χ4v) is 6.47. The first kappa shape index (κ1) is 31.0. The second-order valence-electron chi connectivity index (χ2n) is 10.7. The van der Waals surface area contributed by atoms with Crippen LogP contribution in [-0.2, 0) is 31.6 Å². The molecule has 12 nitrogen and oxygen atoms in total. The van der Waals surface area contributed by atoms with E-state index < -0.39 is 78.4 Å². The van der Waals surface area contributed by atoms with E-state index in [0.29, 0.717) is 16.5 Å². The molecule has 2 aliphatic heterocycles. The van der Waals surface area contributed by atoms with Crippen LogP contribution in [0.1, 0.15) is 24.6 Å². The number of thiazole rings is 1. The fraction of sp³-hybridized carbons (Fsp3) is 0.615. The van der Waals surface area contributed by atoms with Crippen molar-refractivity contribution in [2.45, 2.75) is 86.7 Å². The smallest absolute Gasteiger partial charge is 0.390 e. The average molecular weight is 618 g/mol. The number of aliphatic hydroxyl groups excluding tert-OH is 2. The van der Waals surface area contributed by atoms with Gasteiger partial charge < -0.3 is 50.8 Å². The van der Waals surface area contributed by atoms with Crippen LogP contribution in [0.25, 0.3) is 0 Å². The van der Waals surface area contributed by atoms with E-state index in [1.54, 1.807) is 26.4 Å². The van der Waals surface area contributed by atoms with Crippen LogP contribution in [0.4, 0.5) is 24.0 Å². The van der Waals surface area contributed by atoms with E-state index in [4.69, 9.17) is 14.2 Å². The monoisotopic (exact) mass is 617 g/mol. The molecule has 0 radical (unpaired) electrons. The molecule has 0 spiro atoms. The first-order valence-electron chi connectivity index (χ1n) is 13.4. The van der Waals surface area contributed by atoms with Crippen LogP contribution < -0.4 is 21.3 Å². The number of hydrogen-bond acceptors (Lipinski definition) is 12. The highest BCUT2D eigenvalue weighted by Gasteiger charge is 2.63. The van der Waals surface area contributed by atoms with Crippen molar-refractivity contribution in [3.63, 3.8) is 0 Å². The Labute approximate surface area is 243 Å². The van der Waals surface area contributed by atoms with Crippen LogP contribution >= 0.6 is 11.3 Å². The van der Waals surface area contributed by atoms with Gasteiger partial charge in [-0.05, 0) is 51.7 Å². The molecule has 1 aromatic carbocycles. The van der Waals surface area contributed by atoms with E-state index >= 15 is 0 Å². The van der Waals surface area contributed by atoms with Gasteiger partial charge in [-0.25, -0.2) is 4.98 Å². The molecule has 1 aliphatic carbocycles. The molecule has 0 bridgehead atoms. The number of alkyl halides is 3. The molecule has 3 heterocycles. The summed E-state index contributed by atoms with van der Waals surface area (Å²) in [5.74, 6) is -2.59. The molecule has 2 saturated heterocycles. The first-order valence-corrected chi connectivity index (χ1v) is 14.3. The lowest BCUT2D eigenvalue weighted by molar-refractivity contribution is -0.449. The van der Waals surface area contributed by atoms with Crippen molar-refractivity contribution < 1.29 is 47.5 Å². The highest BCUT2D eigenvalue weighted by Crippen LogP contribution is 2.42. The van der Waals surface area contributed by atoms with Gasteiger partial charge in [0.15, 0.2) is 5.13 Å². The third kappa shape index (κ3) is 6.00. The Balaban J connectivity index is 1.25. The molecule has 3 unspecified atom stereocenters. The number of aliphatic hydroxyl groups is 3. The Hall–Kier alpha value is -2.41. The predicted molar refractivity (Wildman–Crippen MR) is 144 cm³/mol. The Kier molecular flexibility index (Phi) is 8.82. The van der Waals surface area contributed by atoms with Crippen molar-refractivity contribution in [3.8, 4) is 0 Å². The number of rotatable bonds is 7. The number of aromatic nitrogens is 1. The summed E-state index contributed by atoms with van der Waals surface area (Å²) in [5, 5.41) is 47.0. The van der Waals surface area contributed by atoms with Gasteiger partial charge in [0.05, 0.1) is 48.0 Å². The van der Waals surface area contributed by atoms with E-state index in [1.165, 1.54) is 23.5 Å². The van der Waals surface area contributed by atoms with Gasteiger partial charge in [-0.2, -0.15) is 13.2 Å². The van der Waals surface area contributed by atoms with Crippen molar-refractivity contribution in [1.29, 1.82) is 0 Å². The summed E-state index contributed by atoms with van der Waals surface area (Å²) in [6.45, 7) is 1.75. The number of nitrogens with zero attached hydrogens (tertiary/aromatic N) is 1.